The van der Waals surface area contributed by atoms with E-state index in [4.69, 9.17) is 16.2 Å². The van der Waals surface area contributed by atoms with Crippen molar-refractivity contribution >= 4 is 11.6 Å². The molecule has 0 radical (unpaired) electrons. The molecule has 1 saturated carbocycles. The highest BCUT2D eigenvalue weighted by Gasteiger charge is 2.28. The van der Waals surface area contributed by atoms with Gasteiger partial charge >= 0.3 is 0 Å². The SMILES string of the molecule is CC1(C)CCC(Oc2ncc(N)cc2C(N)=O)CC1. The first-order chi connectivity index (χ1) is 8.87. The van der Waals surface area contributed by atoms with Gasteiger partial charge in [-0.05, 0) is 37.2 Å². The number of amides is 1. The Balaban J connectivity index is 2.10. The first-order valence-electron chi connectivity index (χ1n) is 6.59. The van der Waals surface area contributed by atoms with Crippen LogP contribution in [-0.4, -0.2) is 17.0 Å². The number of anilines is 1. The third-order valence-electron chi connectivity index (χ3n) is 3.70. The van der Waals surface area contributed by atoms with Gasteiger partial charge in [-0.15, -0.1) is 0 Å². The number of hydrogen-bond donors (Lipinski definition) is 2. The molecule has 1 aliphatic rings. The normalized spacial score (nSPS) is 19.1. The lowest BCUT2D eigenvalue weighted by Crippen LogP contribution is -2.29. The third kappa shape index (κ3) is 3.36. The number of nitrogens with two attached hydrogens (primary N) is 2. The van der Waals surface area contributed by atoms with E-state index >= 15 is 0 Å². The molecule has 0 unspecified atom stereocenters. The van der Waals surface area contributed by atoms with Crippen LogP contribution in [0.5, 0.6) is 5.88 Å². The molecular weight excluding hydrogens is 242 g/mol. The lowest BCUT2D eigenvalue weighted by atomic mass is 9.76. The van der Waals surface area contributed by atoms with E-state index in [2.05, 4.69) is 18.8 Å². The second kappa shape index (κ2) is 5.07. The van der Waals surface area contributed by atoms with E-state index in [1.54, 1.807) is 0 Å². The van der Waals surface area contributed by atoms with E-state index in [1.165, 1.54) is 12.3 Å². The summed E-state index contributed by atoms with van der Waals surface area (Å²) in [6.45, 7) is 4.53. The van der Waals surface area contributed by atoms with Gasteiger partial charge in [0.1, 0.15) is 11.7 Å². The van der Waals surface area contributed by atoms with Crippen LogP contribution in [0, 0.1) is 5.41 Å². The van der Waals surface area contributed by atoms with E-state index < -0.39 is 5.91 Å². The predicted molar refractivity (Wildman–Crippen MR) is 73.8 cm³/mol. The zero-order valence-corrected chi connectivity index (χ0v) is 11.5. The van der Waals surface area contributed by atoms with Gasteiger partial charge in [0, 0.05) is 0 Å². The average Bonchev–Trinajstić information content (AvgIpc) is 2.33. The zero-order valence-electron chi connectivity index (χ0n) is 11.5. The van der Waals surface area contributed by atoms with E-state index in [1.807, 2.05) is 0 Å². The molecule has 1 heterocycles. The molecule has 0 atom stereocenters. The summed E-state index contributed by atoms with van der Waals surface area (Å²) in [7, 11) is 0. The van der Waals surface area contributed by atoms with Crippen LogP contribution in [0.3, 0.4) is 0 Å². The van der Waals surface area contributed by atoms with Crippen LogP contribution in [0.2, 0.25) is 0 Å². The minimum atomic E-state index is -0.564. The second-order valence-corrected chi connectivity index (χ2v) is 5.97. The number of nitrogens with zero attached hydrogens (tertiary/aromatic N) is 1. The number of carbonyl (C=O) groups is 1. The van der Waals surface area contributed by atoms with E-state index in [0.29, 0.717) is 17.0 Å². The Kier molecular flexibility index (Phi) is 3.64. The molecule has 2 rings (SSSR count). The molecule has 104 valence electrons. The Morgan fingerprint density at radius 2 is 2.05 bits per heavy atom. The van der Waals surface area contributed by atoms with Gasteiger partial charge in [-0.3, -0.25) is 4.79 Å². The molecular formula is C14H21N3O2. The molecule has 0 aliphatic heterocycles. The van der Waals surface area contributed by atoms with Crippen molar-refractivity contribution in [2.75, 3.05) is 5.73 Å². The number of primary amides is 1. The highest BCUT2D eigenvalue weighted by molar-refractivity contribution is 5.95. The van der Waals surface area contributed by atoms with Gasteiger partial charge in [-0.1, -0.05) is 13.8 Å². The van der Waals surface area contributed by atoms with Crippen molar-refractivity contribution in [2.24, 2.45) is 11.1 Å². The predicted octanol–water partition coefficient (Wildman–Crippen LogP) is 2.11. The standard InChI is InChI=1S/C14H21N3O2/c1-14(2)5-3-10(4-6-14)19-13-11(12(16)18)7-9(15)8-17-13/h7-8,10H,3-6,15H2,1-2H3,(H2,16,18). The van der Waals surface area contributed by atoms with Crippen molar-refractivity contribution in [1.82, 2.24) is 4.98 Å². The summed E-state index contributed by atoms with van der Waals surface area (Å²) in [5, 5.41) is 0. The Hall–Kier alpha value is -1.78. The van der Waals surface area contributed by atoms with E-state index in [0.717, 1.165) is 25.7 Å². The van der Waals surface area contributed by atoms with Crippen molar-refractivity contribution in [2.45, 2.75) is 45.6 Å². The van der Waals surface area contributed by atoms with Crippen LogP contribution in [0.4, 0.5) is 5.69 Å². The minimum Gasteiger partial charge on any atom is -0.474 e. The molecule has 5 nitrogen and oxygen atoms in total. The molecule has 0 bridgehead atoms. The smallest absolute Gasteiger partial charge is 0.254 e. The molecule has 4 N–H and O–H groups in total. The molecule has 19 heavy (non-hydrogen) atoms. The summed E-state index contributed by atoms with van der Waals surface area (Å²) < 4.78 is 5.83. The van der Waals surface area contributed by atoms with Gasteiger partial charge in [0.2, 0.25) is 5.88 Å². The molecule has 1 aliphatic carbocycles. The summed E-state index contributed by atoms with van der Waals surface area (Å²) in [6.07, 6.45) is 5.74. The number of pyridine rings is 1. The molecule has 5 heteroatoms. The van der Waals surface area contributed by atoms with Crippen LogP contribution >= 0.6 is 0 Å². The van der Waals surface area contributed by atoms with Gasteiger partial charge in [0.15, 0.2) is 0 Å². The first kappa shape index (κ1) is 13.6. The first-order valence-corrected chi connectivity index (χ1v) is 6.59. The lowest BCUT2D eigenvalue weighted by Gasteiger charge is -2.34. The number of rotatable bonds is 3. The fourth-order valence-corrected chi connectivity index (χ4v) is 2.39. The van der Waals surface area contributed by atoms with Crippen LogP contribution in [0.25, 0.3) is 0 Å². The fraction of sp³-hybridized carbons (Fsp3) is 0.571. The Bertz CT molecular complexity index is 476. The summed E-state index contributed by atoms with van der Waals surface area (Å²) in [4.78, 5) is 15.4. The molecule has 0 spiro atoms. The van der Waals surface area contributed by atoms with Crippen molar-refractivity contribution < 1.29 is 9.53 Å². The summed E-state index contributed by atoms with van der Waals surface area (Å²) in [6, 6.07) is 1.51. The molecule has 0 aromatic carbocycles. The van der Waals surface area contributed by atoms with Crippen LogP contribution in [-0.2, 0) is 0 Å². The van der Waals surface area contributed by atoms with Crippen molar-refractivity contribution in [3.8, 4) is 5.88 Å². The minimum absolute atomic E-state index is 0.0993. The van der Waals surface area contributed by atoms with Crippen molar-refractivity contribution in [3.63, 3.8) is 0 Å². The zero-order chi connectivity index (χ0) is 14.0. The monoisotopic (exact) mass is 263 g/mol. The maximum atomic E-state index is 11.4. The molecule has 0 saturated heterocycles. The molecule has 1 amide bonds. The van der Waals surface area contributed by atoms with Crippen molar-refractivity contribution in [3.05, 3.63) is 17.8 Å². The van der Waals surface area contributed by atoms with Crippen LogP contribution in [0.1, 0.15) is 49.9 Å². The highest BCUT2D eigenvalue weighted by Crippen LogP contribution is 2.36. The number of hydrogen-bond acceptors (Lipinski definition) is 4. The Morgan fingerprint density at radius 1 is 1.42 bits per heavy atom. The second-order valence-electron chi connectivity index (χ2n) is 5.97. The lowest BCUT2D eigenvalue weighted by molar-refractivity contribution is 0.0896. The van der Waals surface area contributed by atoms with E-state index in [-0.39, 0.29) is 11.7 Å². The molecule has 1 aromatic heterocycles. The van der Waals surface area contributed by atoms with Crippen LogP contribution < -0.4 is 16.2 Å². The van der Waals surface area contributed by atoms with Crippen molar-refractivity contribution in [1.29, 1.82) is 0 Å². The highest BCUT2D eigenvalue weighted by atomic mass is 16.5. The number of ether oxygens (including phenoxy) is 1. The summed E-state index contributed by atoms with van der Waals surface area (Å²) in [5.74, 6) is -0.266. The van der Waals surface area contributed by atoms with Crippen LogP contribution in [0.15, 0.2) is 12.3 Å². The van der Waals surface area contributed by atoms with Gasteiger partial charge < -0.3 is 16.2 Å². The van der Waals surface area contributed by atoms with Gasteiger partial charge in [0.05, 0.1) is 11.9 Å². The largest absolute Gasteiger partial charge is 0.474 e. The number of nitrogen functional groups attached to an aromatic ring is 1. The molecule has 1 fully saturated rings. The van der Waals surface area contributed by atoms with E-state index in [9.17, 15) is 4.79 Å². The quantitative estimate of drug-likeness (QED) is 0.873. The Morgan fingerprint density at radius 3 is 2.63 bits per heavy atom. The summed E-state index contributed by atoms with van der Waals surface area (Å²) >= 11 is 0. The topological polar surface area (TPSA) is 91.2 Å². The summed E-state index contributed by atoms with van der Waals surface area (Å²) in [5.41, 5.74) is 12.0. The number of aromatic nitrogens is 1. The fourth-order valence-electron chi connectivity index (χ4n) is 2.39. The van der Waals surface area contributed by atoms with Gasteiger partial charge in [-0.25, -0.2) is 4.98 Å². The van der Waals surface area contributed by atoms with Gasteiger partial charge in [-0.2, -0.15) is 0 Å². The maximum absolute atomic E-state index is 11.4. The average molecular weight is 263 g/mol. The maximum Gasteiger partial charge on any atom is 0.254 e. The third-order valence-corrected chi connectivity index (χ3v) is 3.70. The molecule has 1 aromatic rings. The van der Waals surface area contributed by atoms with Gasteiger partial charge in [0.25, 0.3) is 5.91 Å². The number of carbonyl (C=O) groups excluding carboxylic acids is 1. The Labute approximate surface area is 113 Å².